The number of hydrogen-bond donors (Lipinski definition) is 1. The third-order valence-electron chi connectivity index (χ3n) is 4.33. The Hall–Kier alpha value is -3.78. The number of nitrogens with zero attached hydrogens (tertiary/aromatic N) is 1. The van der Waals surface area contributed by atoms with Crippen molar-refractivity contribution in [2.24, 2.45) is 0 Å². The van der Waals surface area contributed by atoms with Crippen LogP contribution in [0, 0.1) is 11.3 Å². The summed E-state index contributed by atoms with van der Waals surface area (Å²) in [6.07, 6.45) is 0. The molecule has 0 bridgehead atoms. The van der Waals surface area contributed by atoms with Gasteiger partial charge >= 0.3 is 0 Å². The Bertz CT molecular complexity index is 1140. The van der Waals surface area contributed by atoms with E-state index in [0.29, 0.717) is 23.6 Å². The molecule has 0 unspecified atom stereocenters. The van der Waals surface area contributed by atoms with Gasteiger partial charge in [0, 0.05) is 11.9 Å². The van der Waals surface area contributed by atoms with Gasteiger partial charge in [-0.1, -0.05) is 42.5 Å². The van der Waals surface area contributed by atoms with Gasteiger partial charge in [-0.2, -0.15) is 5.26 Å². The summed E-state index contributed by atoms with van der Waals surface area (Å²) in [5.41, 5.74) is 1.68. The first-order valence-electron chi connectivity index (χ1n) is 8.53. The lowest BCUT2D eigenvalue weighted by atomic mass is 10.0. The molecule has 4 rings (SSSR count). The smallest absolute Gasteiger partial charge is 0.287 e. The Morgan fingerprint density at radius 3 is 2.74 bits per heavy atom. The number of nitrogens with one attached hydrogen (secondary N) is 1. The molecule has 1 N–H and O–H groups in total. The molecule has 0 aliphatic carbocycles. The number of fused-ring (bicyclic) bond motifs is 2. The Kier molecular flexibility index (Phi) is 4.46. The van der Waals surface area contributed by atoms with Crippen LogP contribution >= 0.6 is 0 Å². The van der Waals surface area contributed by atoms with Crippen LogP contribution in [0.1, 0.15) is 16.1 Å². The average Bonchev–Trinajstić information content (AvgIpc) is 3.14. The van der Waals surface area contributed by atoms with Crippen molar-refractivity contribution in [3.8, 4) is 11.8 Å². The van der Waals surface area contributed by atoms with E-state index in [1.54, 1.807) is 6.07 Å². The maximum absolute atomic E-state index is 12.4. The second kappa shape index (κ2) is 7.22. The zero-order chi connectivity index (χ0) is 18.6. The predicted molar refractivity (Wildman–Crippen MR) is 102 cm³/mol. The molecular weight excluding hydrogens is 340 g/mol. The lowest BCUT2D eigenvalue weighted by Crippen LogP contribution is -2.22. The second-order valence-electron chi connectivity index (χ2n) is 6.08. The number of amides is 1. The summed E-state index contributed by atoms with van der Waals surface area (Å²) in [7, 11) is 0. The summed E-state index contributed by atoms with van der Waals surface area (Å²) in [5, 5.41) is 14.4. The molecule has 0 saturated carbocycles. The molecular formula is C22H16N2O3. The van der Waals surface area contributed by atoms with Crippen LogP contribution in [0.4, 0.5) is 0 Å². The van der Waals surface area contributed by atoms with Crippen molar-refractivity contribution in [1.82, 2.24) is 5.32 Å². The fraction of sp³-hybridized carbons (Fsp3) is 0.0909. The molecule has 0 aliphatic heterocycles. The highest BCUT2D eigenvalue weighted by Crippen LogP contribution is 2.24. The molecule has 1 aromatic heterocycles. The predicted octanol–water partition coefficient (Wildman–Crippen LogP) is 4.42. The zero-order valence-corrected chi connectivity index (χ0v) is 14.4. The molecule has 27 heavy (non-hydrogen) atoms. The molecule has 0 atom stereocenters. The highest BCUT2D eigenvalue weighted by atomic mass is 16.5. The summed E-state index contributed by atoms with van der Waals surface area (Å²) in [6, 6.07) is 22.7. The molecule has 3 aromatic carbocycles. The largest absolute Gasteiger partial charge is 0.479 e. The van der Waals surface area contributed by atoms with Crippen LogP contribution < -0.4 is 10.1 Å². The van der Waals surface area contributed by atoms with E-state index in [1.807, 2.05) is 66.7 Å². The van der Waals surface area contributed by atoms with E-state index in [0.717, 1.165) is 21.7 Å². The molecule has 1 amide bonds. The lowest BCUT2D eigenvalue weighted by Gasteiger charge is -2.09. The Morgan fingerprint density at radius 1 is 1.04 bits per heavy atom. The number of ether oxygens (including phenoxy) is 1. The van der Waals surface area contributed by atoms with Gasteiger partial charge in [-0.3, -0.25) is 4.79 Å². The third kappa shape index (κ3) is 3.46. The Morgan fingerprint density at radius 2 is 1.89 bits per heavy atom. The number of nitriles is 1. The normalized spacial score (nSPS) is 10.6. The fourth-order valence-electron chi connectivity index (χ4n) is 3.04. The monoisotopic (exact) mass is 356 g/mol. The first kappa shape index (κ1) is 16.7. The quantitative estimate of drug-likeness (QED) is 0.574. The number of benzene rings is 3. The van der Waals surface area contributed by atoms with Crippen molar-refractivity contribution in [2.45, 2.75) is 6.54 Å². The summed E-state index contributed by atoms with van der Waals surface area (Å²) < 4.78 is 10.9. The van der Waals surface area contributed by atoms with Crippen molar-refractivity contribution in [1.29, 1.82) is 5.26 Å². The van der Waals surface area contributed by atoms with Gasteiger partial charge in [0.1, 0.15) is 17.4 Å². The van der Waals surface area contributed by atoms with Gasteiger partial charge in [0.2, 0.25) is 0 Å². The highest BCUT2D eigenvalue weighted by Gasteiger charge is 2.12. The van der Waals surface area contributed by atoms with Crippen molar-refractivity contribution in [2.75, 3.05) is 6.61 Å². The molecule has 0 aliphatic rings. The number of hydrogen-bond acceptors (Lipinski definition) is 4. The van der Waals surface area contributed by atoms with Crippen LogP contribution in [0.5, 0.6) is 5.75 Å². The van der Waals surface area contributed by atoms with E-state index in [4.69, 9.17) is 14.4 Å². The minimum atomic E-state index is -0.253. The van der Waals surface area contributed by atoms with Gasteiger partial charge in [0.05, 0.1) is 0 Å². The molecule has 0 fully saturated rings. The van der Waals surface area contributed by atoms with Crippen LogP contribution in [0.3, 0.4) is 0 Å². The van der Waals surface area contributed by atoms with Crippen molar-refractivity contribution in [3.05, 3.63) is 78.1 Å². The number of furan rings is 1. The molecule has 5 heteroatoms. The molecule has 0 saturated heterocycles. The van der Waals surface area contributed by atoms with Gasteiger partial charge in [0.25, 0.3) is 5.91 Å². The third-order valence-corrected chi connectivity index (χ3v) is 4.33. The standard InChI is InChI=1S/C22H16N2O3/c23-10-11-26-18-8-9-19-15(12-18)5-3-6-17(19)14-24-22(25)21-13-16-4-1-2-7-20(16)27-21/h1-9,12-13H,11,14H2,(H,24,25). The van der Waals surface area contributed by atoms with E-state index in [1.165, 1.54) is 0 Å². The first-order valence-corrected chi connectivity index (χ1v) is 8.53. The van der Waals surface area contributed by atoms with E-state index < -0.39 is 0 Å². The molecule has 0 spiro atoms. The molecule has 4 aromatic rings. The minimum absolute atomic E-state index is 0.0127. The topological polar surface area (TPSA) is 75.3 Å². The van der Waals surface area contributed by atoms with E-state index in [9.17, 15) is 4.79 Å². The van der Waals surface area contributed by atoms with Gasteiger partial charge in [-0.15, -0.1) is 0 Å². The molecule has 0 radical (unpaired) electrons. The lowest BCUT2D eigenvalue weighted by molar-refractivity contribution is 0.0925. The molecule has 5 nitrogen and oxygen atoms in total. The van der Waals surface area contributed by atoms with Crippen LogP contribution in [0.15, 0.2) is 71.1 Å². The maximum atomic E-state index is 12.4. The fourth-order valence-corrected chi connectivity index (χ4v) is 3.04. The summed E-state index contributed by atoms with van der Waals surface area (Å²) in [4.78, 5) is 12.4. The van der Waals surface area contributed by atoms with E-state index >= 15 is 0 Å². The summed E-state index contributed by atoms with van der Waals surface area (Å²) in [5.74, 6) is 0.688. The average molecular weight is 356 g/mol. The SMILES string of the molecule is N#CCOc1ccc2c(CNC(=O)c3cc4ccccc4o3)cccc2c1. The highest BCUT2D eigenvalue weighted by molar-refractivity contribution is 5.96. The minimum Gasteiger partial charge on any atom is -0.479 e. The van der Waals surface area contributed by atoms with Gasteiger partial charge in [-0.25, -0.2) is 0 Å². The van der Waals surface area contributed by atoms with Gasteiger partial charge in [-0.05, 0) is 40.6 Å². The van der Waals surface area contributed by atoms with Crippen LogP contribution in [-0.2, 0) is 6.54 Å². The summed E-state index contributed by atoms with van der Waals surface area (Å²) >= 11 is 0. The van der Waals surface area contributed by atoms with E-state index in [-0.39, 0.29) is 12.5 Å². The van der Waals surface area contributed by atoms with Crippen LogP contribution in [-0.4, -0.2) is 12.5 Å². The number of carbonyl (C=O) groups is 1. The first-order chi connectivity index (χ1) is 13.2. The maximum Gasteiger partial charge on any atom is 0.287 e. The Balaban J connectivity index is 1.52. The number of rotatable bonds is 5. The second-order valence-corrected chi connectivity index (χ2v) is 6.08. The van der Waals surface area contributed by atoms with Crippen molar-refractivity contribution >= 4 is 27.6 Å². The van der Waals surface area contributed by atoms with Gasteiger partial charge < -0.3 is 14.5 Å². The van der Waals surface area contributed by atoms with Crippen LogP contribution in [0.25, 0.3) is 21.7 Å². The van der Waals surface area contributed by atoms with Crippen molar-refractivity contribution in [3.63, 3.8) is 0 Å². The van der Waals surface area contributed by atoms with Crippen LogP contribution in [0.2, 0.25) is 0 Å². The number of para-hydroxylation sites is 1. The van der Waals surface area contributed by atoms with E-state index in [2.05, 4.69) is 5.32 Å². The van der Waals surface area contributed by atoms with Gasteiger partial charge in [0.15, 0.2) is 12.4 Å². The van der Waals surface area contributed by atoms with Crippen molar-refractivity contribution < 1.29 is 13.9 Å². The summed E-state index contributed by atoms with van der Waals surface area (Å²) in [6.45, 7) is 0.393. The molecule has 1 heterocycles. The Labute approximate surface area is 155 Å². The zero-order valence-electron chi connectivity index (χ0n) is 14.4. The number of carbonyl (C=O) groups excluding carboxylic acids is 1. The molecule has 132 valence electrons.